The molecule has 2 rings (SSSR count). The molecule has 2 bridgehead atoms. The highest BCUT2D eigenvalue weighted by molar-refractivity contribution is 7.84. The fraction of sp³-hybridized carbons (Fsp3) is 1.00. The number of rotatable bonds is 0. The summed E-state index contributed by atoms with van der Waals surface area (Å²) in [7, 11) is -3.92. The highest BCUT2D eigenvalue weighted by atomic mass is 32.2. The molecule has 2 saturated heterocycles. The highest BCUT2D eigenvalue weighted by Crippen LogP contribution is 2.14. The Balaban J connectivity index is 0.000000149. The van der Waals surface area contributed by atoms with Crippen molar-refractivity contribution >= 4 is 10.1 Å². The van der Waals surface area contributed by atoms with Gasteiger partial charge in [-0.05, 0) is 12.8 Å². The fourth-order valence-corrected chi connectivity index (χ4v) is 2.13. The number of hydrogen-bond donors (Lipinski definition) is 1. The lowest BCUT2D eigenvalue weighted by Crippen LogP contribution is -3.10. The quantitative estimate of drug-likeness (QED) is 0.510. The zero-order valence-electron chi connectivity index (χ0n) is 7.95. The smallest absolute Gasteiger partial charge is 0.0916 e. The maximum Gasteiger partial charge on any atom is 0.0916 e. The number of fused-ring (bicyclic) bond motifs is 2. The van der Waals surface area contributed by atoms with Gasteiger partial charge in [0.2, 0.25) is 0 Å². The van der Waals surface area contributed by atoms with Gasteiger partial charge in [-0.3, -0.25) is 0 Å². The molecule has 2 aliphatic heterocycles. The molecule has 1 N–H and O–H groups in total. The van der Waals surface area contributed by atoms with Crippen LogP contribution in [0.2, 0.25) is 0 Å². The molecule has 5 heteroatoms. The Labute approximate surface area is 79.7 Å². The molecule has 2 fully saturated rings. The zero-order valence-corrected chi connectivity index (χ0v) is 8.77. The van der Waals surface area contributed by atoms with E-state index in [0.29, 0.717) is 6.26 Å². The molecule has 0 saturated carbocycles. The first-order valence-electron chi connectivity index (χ1n) is 4.69. The van der Waals surface area contributed by atoms with Crippen molar-refractivity contribution in [1.29, 1.82) is 0 Å². The minimum absolute atomic E-state index is 0.604. The van der Waals surface area contributed by atoms with Crippen molar-refractivity contribution in [3.05, 3.63) is 0 Å². The van der Waals surface area contributed by atoms with Crippen molar-refractivity contribution in [2.75, 3.05) is 25.9 Å². The maximum atomic E-state index is 9.08. The average Bonchev–Trinajstić information content (AvgIpc) is 2.27. The first-order chi connectivity index (χ1) is 5.95. The SMILES string of the molecule is C1CC2CC[NH+](C1)C2.CS(=O)(=O)[O-]. The van der Waals surface area contributed by atoms with Crippen LogP contribution < -0.4 is 4.90 Å². The summed E-state index contributed by atoms with van der Waals surface area (Å²) in [5, 5.41) is 0. The largest absolute Gasteiger partial charge is 0.748 e. The molecule has 2 atom stereocenters. The molecule has 0 aromatic rings. The van der Waals surface area contributed by atoms with Crippen LogP contribution in [0.25, 0.3) is 0 Å². The Morgan fingerprint density at radius 3 is 2.38 bits per heavy atom. The van der Waals surface area contributed by atoms with Crippen molar-refractivity contribution in [3.8, 4) is 0 Å². The van der Waals surface area contributed by atoms with Gasteiger partial charge in [-0.25, -0.2) is 8.42 Å². The molecule has 2 unspecified atom stereocenters. The minimum atomic E-state index is -3.92. The van der Waals surface area contributed by atoms with Gasteiger partial charge in [0, 0.05) is 18.6 Å². The standard InChI is InChI=1S/C7H13N.CH4O3S/c1-2-7-3-5-8(4-1)6-7;1-5(2,3)4/h7H,1-6H2;1H3,(H,2,3,4). The summed E-state index contributed by atoms with van der Waals surface area (Å²) < 4.78 is 27.2. The van der Waals surface area contributed by atoms with Crippen molar-refractivity contribution in [1.82, 2.24) is 0 Å². The van der Waals surface area contributed by atoms with Gasteiger partial charge in [-0.2, -0.15) is 0 Å². The average molecular weight is 207 g/mol. The molecule has 2 heterocycles. The molecule has 13 heavy (non-hydrogen) atoms. The topological polar surface area (TPSA) is 61.6 Å². The molecule has 0 amide bonds. The number of nitrogens with one attached hydrogen (secondary N) is 1. The van der Waals surface area contributed by atoms with Crippen LogP contribution in [0.5, 0.6) is 0 Å². The van der Waals surface area contributed by atoms with Crippen molar-refractivity contribution in [2.45, 2.75) is 19.3 Å². The summed E-state index contributed by atoms with van der Waals surface area (Å²) >= 11 is 0. The van der Waals surface area contributed by atoms with Crippen LogP contribution >= 0.6 is 0 Å². The predicted octanol–water partition coefficient (Wildman–Crippen LogP) is -1.15. The Bertz CT molecular complexity index is 228. The third-order valence-electron chi connectivity index (χ3n) is 2.63. The summed E-state index contributed by atoms with van der Waals surface area (Å²) in [5.74, 6) is 1.12. The minimum Gasteiger partial charge on any atom is -0.748 e. The maximum absolute atomic E-state index is 9.08. The van der Waals surface area contributed by atoms with Crippen LogP contribution in [-0.2, 0) is 10.1 Å². The molecular weight excluding hydrogens is 190 g/mol. The third kappa shape index (κ3) is 5.23. The summed E-state index contributed by atoms with van der Waals surface area (Å²) in [6.45, 7) is 4.45. The van der Waals surface area contributed by atoms with Gasteiger partial charge >= 0.3 is 0 Å². The molecule has 0 aliphatic carbocycles. The molecule has 78 valence electrons. The van der Waals surface area contributed by atoms with Gasteiger partial charge in [-0.15, -0.1) is 0 Å². The van der Waals surface area contributed by atoms with E-state index in [1.54, 1.807) is 0 Å². The lowest BCUT2D eigenvalue weighted by atomic mass is 10.0. The second kappa shape index (κ2) is 4.39. The first-order valence-corrected chi connectivity index (χ1v) is 6.51. The van der Waals surface area contributed by atoms with Crippen LogP contribution in [0, 0.1) is 5.92 Å². The normalized spacial score (nSPS) is 32.2. The summed E-state index contributed by atoms with van der Waals surface area (Å²) in [4.78, 5) is 1.88. The molecular formula is C8H17NO3S. The van der Waals surface area contributed by atoms with E-state index >= 15 is 0 Å². The predicted molar refractivity (Wildman–Crippen MR) is 48.5 cm³/mol. The molecule has 0 radical (unpaired) electrons. The van der Waals surface area contributed by atoms with E-state index in [4.69, 9.17) is 13.0 Å². The number of hydrogen-bond acceptors (Lipinski definition) is 3. The number of quaternary nitrogens is 1. The lowest BCUT2D eigenvalue weighted by molar-refractivity contribution is -0.892. The molecule has 0 aromatic heterocycles. The van der Waals surface area contributed by atoms with Crippen LogP contribution in [0.1, 0.15) is 19.3 Å². The Hall–Kier alpha value is -0.130. The third-order valence-corrected chi connectivity index (χ3v) is 2.63. The van der Waals surface area contributed by atoms with E-state index in [1.165, 1.54) is 38.9 Å². The zero-order chi connectivity index (χ0) is 9.90. The van der Waals surface area contributed by atoms with E-state index < -0.39 is 10.1 Å². The summed E-state index contributed by atoms with van der Waals surface area (Å²) in [6.07, 6.45) is 5.16. The van der Waals surface area contributed by atoms with E-state index in [1.807, 2.05) is 4.90 Å². The van der Waals surface area contributed by atoms with E-state index in [2.05, 4.69) is 0 Å². The lowest BCUT2D eigenvalue weighted by Gasteiger charge is -2.17. The Kier molecular flexibility index (Phi) is 3.70. The van der Waals surface area contributed by atoms with Crippen LogP contribution in [0.4, 0.5) is 0 Å². The monoisotopic (exact) mass is 207 g/mol. The van der Waals surface area contributed by atoms with Gasteiger partial charge in [0.15, 0.2) is 0 Å². The summed E-state index contributed by atoms with van der Waals surface area (Å²) in [5.41, 5.74) is 0. The van der Waals surface area contributed by atoms with E-state index in [0.717, 1.165) is 5.92 Å². The van der Waals surface area contributed by atoms with E-state index in [9.17, 15) is 0 Å². The van der Waals surface area contributed by atoms with Crippen molar-refractivity contribution in [2.24, 2.45) is 5.92 Å². The van der Waals surface area contributed by atoms with Gasteiger partial charge in [-0.1, -0.05) is 0 Å². The van der Waals surface area contributed by atoms with Gasteiger partial charge < -0.3 is 9.45 Å². The molecule has 2 aliphatic rings. The second-order valence-corrected chi connectivity index (χ2v) is 5.36. The van der Waals surface area contributed by atoms with Gasteiger partial charge in [0.25, 0.3) is 0 Å². The molecule has 4 nitrogen and oxygen atoms in total. The fourth-order valence-electron chi connectivity index (χ4n) is 2.13. The first kappa shape index (κ1) is 10.9. The Morgan fingerprint density at radius 1 is 1.31 bits per heavy atom. The van der Waals surface area contributed by atoms with Crippen LogP contribution in [-0.4, -0.2) is 38.9 Å². The summed E-state index contributed by atoms with van der Waals surface area (Å²) in [6, 6.07) is 0. The number of piperidine rings is 1. The van der Waals surface area contributed by atoms with Gasteiger partial charge in [0.1, 0.15) is 0 Å². The Morgan fingerprint density at radius 2 is 1.92 bits per heavy atom. The van der Waals surface area contributed by atoms with Crippen LogP contribution in [0.15, 0.2) is 0 Å². The second-order valence-electron chi connectivity index (χ2n) is 3.96. The van der Waals surface area contributed by atoms with E-state index in [-0.39, 0.29) is 0 Å². The van der Waals surface area contributed by atoms with Crippen molar-refractivity contribution in [3.63, 3.8) is 0 Å². The highest BCUT2D eigenvalue weighted by Gasteiger charge is 2.29. The van der Waals surface area contributed by atoms with Crippen LogP contribution in [0.3, 0.4) is 0 Å². The van der Waals surface area contributed by atoms with Crippen molar-refractivity contribution < 1.29 is 17.9 Å². The molecule has 0 spiro atoms. The van der Waals surface area contributed by atoms with Gasteiger partial charge in [0.05, 0.1) is 29.8 Å². The molecule has 0 aromatic carbocycles.